The summed E-state index contributed by atoms with van der Waals surface area (Å²) >= 11 is 3.29. The van der Waals surface area contributed by atoms with Crippen molar-refractivity contribution in [2.24, 2.45) is 7.05 Å². The Balaban J connectivity index is 1.87. The average molecular weight is 270 g/mol. The standard InChI is InChI=1S/C9H14N6S2/c1-3-4-10-8-11-5-7(17-8)6-16-9-12-13-14-15(9)2/h5H,3-4,6H2,1-2H3,(H,10,11). The van der Waals surface area contributed by atoms with Gasteiger partial charge in [-0.25, -0.2) is 9.67 Å². The summed E-state index contributed by atoms with van der Waals surface area (Å²) in [5.74, 6) is 0.847. The first-order valence-electron chi connectivity index (χ1n) is 5.33. The van der Waals surface area contributed by atoms with Crippen LogP contribution in [0.1, 0.15) is 18.2 Å². The second-order valence-electron chi connectivity index (χ2n) is 3.43. The lowest BCUT2D eigenvalue weighted by molar-refractivity contribution is 0.664. The molecule has 0 aliphatic carbocycles. The van der Waals surface area contributed by atoms with E-state index in [1.165, 1.54) is 4.88 Å². The number of aromatic nitrogens is 5. The summed E-state index contributed by atoms with van der Waals surface area (Å²) in [5, 5.41) is 16.4. The molecule has 8 heteroatoms. The third-order valence-electron chi connectivity index (χ3n) is 2.00. The molecule has 0 aliphatic heterocycles. The van der Waals surface area contributed by atoms with E-state index in [0.29, 0.717) is 0 Å². The molecule has 0 saturated carbocycles. The van der Waals surface area contributed by atoms with Crippen LogP contribution in [0.3, 0.4) is 0 Å². The maximum Gasteiger partial charge on any atom is 0.209 e. The normalized spacial score (nSPS) is 10.7. The first-order valence-corrected chi connectivity index (χ1v) is 7.13. The van der Waals surface area contributed by atoms with Crippen molar-refractivity contribution in [2.75, 3.05) is 11.9 Å². The first kappa shape index (κ1) is 12.3. The number of nitrogens with one attached hydrogen (secondary N) is 1. The van der Waals surface area contributed by atoms with Gasteiger partial charge in [0.2, 0.25) is 5.16 Å². The minimum Gasteiger partial charge on any atom is -0.362 e. The molecule has 0 unspecified atom stereocenters. The number of aryl methyl sites for hydroxylation is 1. The summed E-state index contributed by atoms with van der Waals surface area (Å²) in [5.41, 5.74) is 0. The molecule has 0 amide bonds. The number of hydrogen-bond acceptors (Lipinski definition) is 7. The molecule has 92 valence electrons. The van der Waals surface area contributed by atoms with E-state index in [0.717, 1.165) is 29.0 Å². The Bertz CT molecular complexity index is 466. The van der Waals surface area contributed by atoms with E-state index in [4.69, 9.17) is 0 Å². The fourth-order valence-corrected chi connectivity index (χ4v) is 2.88. The number of thioether (sulfide) groups is 1. The van der Waals surface area contributed by atoms with E-state index < -0.39 is 0 Å². The van der Waals surface area contributed by atoms with E-state index in [2.05, 4.69) is 32.7 Å². The summed E-state index contributed by atoms with van der Waals surface area (Å²) in [6.45, 7) is 3.10. The number of hydrogen-bond donors (Lipinski definition) is 1. The highest BCUT2D eigenvalue weighted by Gasteiger charge is 2.06. The van der Waals surface area contributed by atoms with E-state index in [1.54, 1.807) is 27.8 Å². The Morgan fingerprint density at radius 3 is 3.12 bits per heavy atom. The van der Waals surface area contributed by atoms with Gasteiger partial charge in [0.1, 0.15) is 0 Å². The van der Waals surface area contributed by atoms with Crippen molar-refractivity contribution in [1.29, 1.82) is 0 Å². The van der Waals surface area contributed by atoms with Gasteiger partial charge in [0.15, 0.2) is 5.13 Å². The fourth-order valence-electron chi connectivity index (χ4n) is 1.17. The summed E-state index contributed by atoms with van der Waals surface area (Å²) in [6.07, 6.45) is 3.01. The fraction of sp³-hybridized carbons (Fsp3) is 0.556. The molecule has 1 N–H and O–H groups in total. The van der Waals surface area contributed by atoms with Crippen LogP contribution in [0.4, 0.5) is 5.13 Å². The van der Waals surface area contributed by atoms with Crippen LogP contribution in [0.2, 0.25) is 0 Å². The molecule has 0 spiro atoms. The lowest BCUT2D eigenvalue weighted by Gasteiger charge is -1.97. The number of thiazole rings is 1. The Hall–Kier alpha value is -1.15. The molecule has 0 aliphatic rings. The molecule has 0 atom stereocenters. The lowest BCUT2D eigenvalue weighted by Crippen LogP contribution is -1.97. The van der Waals surface area contributed by atoms with Gasteiger partial charge in [-0.1, -0.05) is 18.7 Å². The van der Waals surface area contributed by atoms with Gasteiger partial charge in [-0.2, -0.15) is 0 Å². The van der Waals surface area contributed by atoms with Gasteiger partial charge < -0.3 is 5.32 Å². The van der Waals surface area contributed by atoms with Gasteiger partial charge in [-0.15, -0.1) is 16.4 Å². The minimum absolute atomic E-state index is 0.821. The third-order valence-corrected chi connectivity index (χ3v) is 4.20. The zero-order valence-corrected chi connectivity index (χ0v) is 11.4. The highest BCUT2D eigenvalue weighted by Crippen LogP contribution is 2.25. The van der Waals surface area contributed by atoms with Crippen LogP contribution in [-0.2, 0) is 12.8 Å². The summed E-state index contributed by atoms with van der Waals surface area (Å²) in [7, 11) is 1.84. The number of tetrazole rings is 1. The molecule has 17 heavy (non-hydrogen) atoms. The number of anilines is 1. The average Bonchev–Trinajstić information content (AvgIpc) is 2.93. The zero-order valence-electron chi connectivity index (χ0n) is 9.75. The Kier molecular flexibility index (Phi) is 4.32. The topological polar surface area (TPSA) is 68.5 Å². The van der Waals surface area contributed by atoms with Crippen LogP contribution in [0, 0.1) is 0 Å². The molecular weight excluding hydrogens is 256 g/mol. The number of nitrogens with zero attached hydrogens (tertiary/aromatic N) is 5. The van der Waals surface area contributed by atoms with Crippen molar-refractivity contribution >= 4 is 28.2 Å². The molecular formula is C9H14N6S2. The molecule has 2 rings (SSSR count). The van der Waals surface area contributed by atoms with E-state index in [-0.39, 0.29) is 0 Å². The lowest BCUT2D eigenvalue weighted by atomic mass is 10.5. The summed E-state index contributed by atoms with van der Waals surface area (Å²) < 4.78 is 1.67. The molecule has 0 bridgehead atoms. The van der Waals surface area contributed by atoms with Crippen molar-refractivity contribution in [3.8, 4) is 0 Å². The number of rotatable bonds is 6. The molecule has 6 nitrogen and oxygen atoms in total. The van der Waals surface area contributed by atoms with Gasteiger partial charge in [0.05, 0.1) is 0 Å². The SMILES string of the molecule is CCCNc1ncc(CSc2nnnn2C)s1. The predicted octanol–water partition coefficient (Wildman–Crippen LogP) is 1.78. The van der Waals surface area contributed by atoms with Gasteiger partial charge in [-0.3, -0.25) is 0 Å². The molecule has 0 aromatic carbocycles. The third kappa shape index (κ3) is 3.40. The molecule has 2 aromatic heterocycles. The van der Waals surface area contributed by atoms with Gasteiger partial charge in [0, 0.05) is 30.4 Å². The van der Waals surface area contributed by atoms with Crippen LogP contribution < -0.4 is 5.32 Å². The van der Waals surface area contributed by atoms with Crippen molar-refractivity contribution in [2.45, 2.75) is 24.3 Å². The minimum atomic E-state index is 0.821. The smallest absolute Gasteiger partial charge is 0.209 e. The molecule has 2 aromatic rings. The zero-order chi connectivity index (χ0) is 12.1. The molecule has 2 heterocycles. The predicted molar refractivity (Wildman–Crippen MR) is 69.3 cm³/mol. The molecule has 0 fully saturated rings. The largest absolute Gasteiger partial charge is 0.362 e. The second-order valence-corrected chi connectivity index (χ2v) is 5.49. The van der Waals surface area contributed by atoms with Crippen molar-refractivity contribution in [1.82, 2.24) is 25.2 Å². The van der Waals surface area contributed by atoms with Gasteiger partial charge >= 0.3 is 0 Å². The summed E-state index contributed by atoms with van der Waals surface area (Å²) in [4.78, 5) is 5.53. The van der Waals surface area contributed by atoms with Crippen LogP contribution in [-0.4, -0.2) is 31.7 Å². The van der Waals surface area contributed by atoms with E-state index in [1.807, 2.05) is 13.2 Å². The summed E-state index contributed by atoms with van der Waals surface area (Å²) in [6, 6.07) is 0. The maximum atomic E-state index is 4.31. The van der Waals surface area contributed by atoms with Crippen molar-refractivity contribution < 1.29 is 0 Å². The Morgan fingerprint density at radius 2 is 2.41 bits per heavy atom. The Labute approximate surface area is 108 Å². The van der Waals surface area contributed by atoms with E-state index >= 15 is 0 Å². The monoisotopic (exact) mass is 270 g/mol. The highest BCUT2D eigenvalue weighted by molar-refractivity contribution is 7.98. The molecule has 0 saturated heterocycles. The van der Waals surface area contributed by atoms with Crippen LogP contribution in [0.5, 0.6) is 0 Å². The first-order chi connectivity index (χ1) is 8.29. The van der Waals surface area contributed by atoms with E-state index in [9.17, 15) is 0 Å². The van der Waals surface area contributed by atoms with Gasteiger partial charge in [0.25, 0.3) is 0 Å². The van der Waals surface area contributed by atoms with Crippen LogP contribution in [0.15, 0.2) is 11.4 Å². The highest BCUT2D eigenvalue weighted by atomic mass is 32.2. The van der Waals surface area contributed by atoms with Crippen LogP contribution in [0.25, 0.3) is 0 Å². The Morgan fingerprint density at radius 1 is 1.53 bits per heavy atom. The van der Waals surface area contributed by atoms with Crippen molar-refractivity contribution in [3.63, 3.8) is 0 Å². The maximum absolute atomic E-state index is 4.31. The second kappa shape index (κ2) is 5.97. The van der Waals surface area contributed by atoms with Crippen LogP contribution >= 0.6 is 23.1 Å². The quantitative estimate of drug-likeness (QED) is 0.807. The van der Waals surface area contributed by atoms with Crippen molar-refractivity contribution in [3.05, 3.63) is 11.1 Å². The van der Waals surface area contributed by atoms with Gasteiger partial charge in [-0.05, 0) is 16.8 Å². The molecule has 0 radical (unpaired) electrons.